The minimum Gasteiger partial charge on any atom is -0.392 e. The van der Waals surface area contributed by atoms with Crippen LogP contribution in [0.1, 0.15) is 20.3 Å². The van der Waals surface area contributed by atoms with E-state index < -0.39 is 0 Å². The molecule has 0 saturated carbocycles. The molecule has 1 aromatic heterocycles. The number of carbonyl (C=O) groups is 1. The monoisotopic (exact) mass is 306 g/mol. The molecule has 122 valence electrons. The highest BCUT2D eigenvalue weighted by Gasteiger charge is 2.27. The minimum absolute atomic E-state index is 0.00757. The van der Waals surface area contributed by atoms with Gasteiger partial charge in [-0.05, 0) is 25.5 Å². The molecule has 6 nitrogen and oxygen atoms in total. The molecule has 6 heteroatoms. The molecule has 0 aromatic carbocycles. The van der Waals surface area contributed by atoms with Gasteiger partial charge in [0.25, 0.3) is 0 Å². The third kappa shape index (κ3) is 5.05. The van der Waals surface area contributed by atoms with Gasteiger partial charge in [0.05, 0.1) is 24.5 Å². The first-order chi connectivity index (χ1) is 10.6. The number of piperazine rings is 1. The summed E-state index contributed by atoms with van der Waals surface area (Å²) in [4.78, 5) is 20.6. The smallest absolute Gasteiger partial charge is 0.238 e. The number of β-amino-alcohol motifs (C(OH)–C–C–N with tert-alkyl or cyclic N) is 1. The van der Waals surface area contributed by atoms with Gasteiger partial charge in [-0.25, -0.2) is 0 Å². The average molecular weight is 306 g/mol. The number of hydrogen-bond acceptors (Lipinski definition) is 5. The Hall–Kier alpha value is -1.50. The lowest BCUT2D eigenvalue weighted by Gasteiger charge is -2.41. The van der Waals surface area contributed by atoms with Gasteiger partial charge in [-0.2, -0.15) is 0 Å². The van der Waals surface area contributed by atoms with Crippen molar-refractivity contribution in [3.8, 4) is 0 Å². The first-order valence-electron chi connectivity index (χ1n) is 7.92. The Balaban J connectivity index is 1.83. The molecule has 2 heterocycles. The highest BCUT2D eigenvalue weighted by atomic mass is 16.3. The second-order valence-electron chi connectivity index (χ2n) is 5.93. The van der Waals surface area contributed by atoms with Crippen LogP contribution in [-0.4, -0.2) is 70.7 Å². The molecule has 1 aromatic rings. The number of aliphatic hydroxyl groups excluding tert-OH is 1. The Morgan fingerprint density at radius 1 is 1.55 bits per heavy atom. The summed E-state index contributed by atoms with van der Waals surface area (Å²) in [6.07, 6.45) is 4.04. The molecule has 0 unspecified atom stereocenters. The molecule has 22 heavy (non-hydrogen) atoms. The Labute approximate surface area is 132 Å². The molecule has 1 aliphatic heterocycles. The molecule has 1 aliphatic rings. The van der Waals surface area contributed by atoms with Crippen molar-refractivity contribution < 1.29 is 9.90 Å². The largest absolute Gasteiger partial charge is 0.392 e. The summed E-state index contributed by atoms with van der Waals surface area (Å²) < 4.78 is 0. The average Bonchev–Trinajstić information content (AvgIpc) is 2.49. The highest BCUT2D eigenvalue weighted by molar-refractivity contribution is 5.92. The Morgan fingerprint density at radius 3 is 3.00 bits per heavy atom. The van der Waals surface area contributed by atoms with Crippen molar-refractivity contribution in [2.24, 2.45) is 0 Å². The van der Waals surface area contributed by atoms with Crippen molar-refractivity contribution in [3.05, 3.63) is 24.5 Å². The molecule has 2 rings (SSSR count). The third-order valence-corrected chi connectivity index (χ3v) is 3.97. The van der Waals surface area contributed by atoms with Gasteiger partial charge in [-0.15, -0.1) is 0 Å². The van der Waals surface area contributed by atoms with Gasteiger partial charge in [0.2, 0.25) is 5.91 Å². The zero-order valence-electron chi connectivity index (χ0n) is 13.4. The van der Waals surface area contributed by atoms with E-state index in [1.807, 2.05) is 13.0 Å². The number of nitrogens with one attached hydrogen (secondary N) is 1. The molecule has 0 aliphatic carbocycles. The van der Waals surface area contributed by atoms with Gasteiger partial charge < -0.3 is 10.4 Å². The first kappa shape index (κ1) is 16.9. The van der Waals surface area contributed by atoms with Crippen LogP contribution in [0.4, 0.5) is 5.69 Å². The van der Waals surface area contributed by atoms with Crippen LogP contribution in [0, 0.1) is 0 Å². The summed E-state index contributed by atoms with van der Waals surface area (Å²) in [5, 5.41) is 12.4. The third-order valence-electron chi connectivity index (χ3n) is 3.97. The van der Waals surface area contributed by atoms with Crippen molar-refractivity contribution in [3.63, 3.8) is 0 Å². The summed E-state index contributed by atoms with van der Waals surface area (Å²) in [6.45, 7) is 7.68. The Kier molecular flexibility index (Phi) is 6.30. The fraction of sp³-hybridized carbons (Fsp3) is 0.625. The van der Waals surface area contributed by atoms with Gasteiger partial charge in [-0.3, -0.25) is 19.6 Å². The number of carbonyl (C=O) groups excluding carboxylic acids is 1. The number of amides is 1. The lowest BCUT2D eigenvalue weighted by molar-refractivity contribution is -0.118. The number of nitrogens with zero attached hydrogens (tertiary/aromatic N) is 3. The molecular formula is C16H26N4O2. The molecular weight excluding hydrogens is 280 g/mol. The summed E-state index contributed by atoms with van der Waals surface area (Å²) in [5.74, 6) is -0.00757. The topological polar surface area (TPSA) is 68.7 Å². The zero-order chi connectivity index (χ0) is 15.9. The highest BCUT2D eigenvalue weighted by Crippen LogP contribution is 2.13. The molecule has 2 atom stereocenters. The van der Waals surface area contributed by atoms with E-state index in [1.165, 1.54) is 0 Å². The van der Waals surface area contributed by atoms with Crippen molar-refractivity contribution in [1.82, 2.24) is 14.8 Å². The molecule has 0 radical (unpaired) electrons. The van der Waals surface area contributed by atoms with E-state index in [4.69, 9.17) is 0 Å². The fourth-order valence-corrected chi connectivity index (χ4v) is 2.91. The quantitative estimate of drug-likeness (QED) is 0.813. The SMILES string of the molecule is CC[C@@H]1CN(CC(=O)Nc2cccnc2)CCN1C[C@@H](C)O. The van der Waals surface area contributed by atoms with Crippen molar-refractivity contribution >= 4 is 11.6 Å². The maximum absolute atomic E-state index is 12.1. The Bertz CT molecular complexity index is 466. The second-order valence-corrected chi connectivity index (χ2v) is 5.93. The van der Waals surface area contributed by atoms with Crippen LogP contribution in [0.25, 0.3) is 0 Å². The van der Waals surface area contributed by atoms with Crippen LogP contribution in [0.5, 0.6) is 0 Å². The number of hydrogen-bond donors (Lipinski definition) is 2. The van der Waals surface area contributed by atoms with Gasteiger partial charge >= 0.3 is 0 Å². The van der Waals surface area contributed by atoms with Crippen LogP contribution in [0.2, 0.25) is 0 Å². The minimum atomic E-state index is -0.311. The predicted octanol–water partition coefficient (Wildman–Crippen LogP) is 0.797. The van der Waals surface area contributed by atoms with E-state index in [9.17, 15) is 9.90 Å². The number of anilines is 1. The molecule has 1 saturated heterocycles. The van der Waals surface area contributed by atoms with Crippen LogP contribution >= 0.6 is 0 Å². The summed E-state index contributed by atoms with van der Waals surface area (Å²) in [6, 6.07) is 4.03. The van der Waals surface area contributed by atoms with Crippen molar-refractivity contribution in [1.29, 1.82) is 0 Å². The van der Waals surface area contributed by atoms with Crippen molar-refractivity contribution in [2.45, 2.75) is 32.4 Å². The van der Waals surface area contributed by atoms with E-state index >= 15 is 0 Å². The van der Waals surface area contributed by atoms with Crippen LogP contribution < -0.4 is 5.32 Å². The summed E-state index contributed by atoms with van der Waals surface area (Å²) in [7, 11) is 0. The molecule has 1 amide bonds. The van der Waals surface area contributed by atoms with Gasteiger partial charge in [-0.1, -0.05) is 6.92 Å². The maximum atomic E-state index is 12.1. The molecule has 2 N–H and O–H groups in total. The normalized spacial score (nSPS) is 21.5. The number of aliphatic hydroxyl groups is 1. The Morgan fingerprint density at radius 2 is 2.36 bits per heavy atom. The van der Waals surface area contributed by atoms with Crippen molar-refractivity contribution in [2.75, 3.05) is 38.0 Å². The van der Waals surface area contributed by atoms with E-state index in [2.05, 4.69) is 27.0 Å². The number of aromatic nitrogens is 1. The molecule has 0 bridgehead atoms. The predicted molar refractivity (Wildman–Crippen MR) is 86.6 cm³/mol. The van der Waals surface area contributed by atoms with E-state index in [-0.39, 0.29) is 12.0 Å². The van der Waals surface area contributed by atoms with Crippen LogP contribution in [-0.2, 0) is 4.79 Å². The number of rotatable bonds is 6. The lowest BCUT2D eigenvalue weighted by atomic mass is 10.1. The second kappa shape index (κ2) is 8.22. The zero-order valence-corrected chi connectivity index (χ0v) is 13.4. The van der Waals surface area contributed by atoms with E-state index in [0.717, 1.165) is 31.7 Å². The van der Waals surface area contributed by atoms with Crippen LogP contribution in [0.15, 0.2) is 24.5 Å². The standard InChI is InChI=1S/C16H26N4O2/c1-3-15-11-19(7-8-20(15)10-13(2)21)12-16(22)18-14-5-4-6-17-9-14/h4-6,9,13,15,21H,3,7-8,10-12H2,1-2H3,(H,18,22)/t13-,15-/m1/s1. The van der Waals surface area contributed by atoms with E-state index in [1.54, 1.807) is 18.5 Å². The molecule has 1 fully saturated rings. The first-order valence-corrected chi connectivity index (χ1v) is 7.92. The summed E-state index contributed by atoms with van der Waals surface area (Å²) >= 11 is 0. The maximum Gasteiger partial charge on any atom is 0.238 e. The van der Waals surface area contributed by atoms with E-state index in [0.29, 0.717) is 19.1 Å². The van der Waals surface area contributed by atoms with Crippen LogP contribution in [0.3, 0.4) is 0 Å². The lowest BCUT2D eigenvalue weighted by Crippen LogP contribution is -2.55. The van der Waals surface area contributed by atoms with Gasteiger partial charge in [0.15, 0.2) is 0 Å². The van der Waals surface area contributed by atoms with Gasteiger partial charge in [0, 0.05) is 38.4 Å². The van der Waals surface area contributed by atoms with Gasteiger partial charge in [0.1, 0.15) is 0 Å². The number of pyridine rings is 1. The fourth-order valence-electron chi connectivity index (χ4n) is 2.91. The summed E-state index contributed by atoms with van der Waals surface area (Å²) in [5.41, 5.74) is 0.729. The molecule has 0 spiro atoms.